The molecule has 0 unspecified atom stereocenters. The summed E-state index contributed by atoms with van der Waals surface area (Å²) < 4.78 is 26.5. The normalized spacial score (nSPS) is 15.1. The third-order valence-corrected chi connectivity index (χ3v) is 5.87. The molecule has 0 saturated carbocycles. The van der Waals surface area contributed by atoms with E-state index in [2.05, 4.69) is 39.9 Å². The van der Waals surface area contributed by atoms with Gasteiger partial charge in [0.2, 0.25) is 0 Å². The number of hydrogen-bond acceptors (Lipinski definition) is 3. The molecule has 0 fully saturated rings. The molecule has 28 heavy (non-hydrogen) atoms. The van der Waals surface area contributed by atoms with E-state index in [0.717, 1.165) is 37.2 Å². The van der Waals surface area contributed by atoms with Crippen LogP contribution in [0.15, 0.2) is 59.3 Å². The molecule has 2 aromatic carbocycles. The van der Waals surface area contributed by atoms with E-state index in [-0.39, 0.29) is 11.6 Å². The van der Waals surface area contributed by atoms with Crippen molar-refractivity contribution in [1.29, 1.82) is 0 Å². The predicted molar refractivity (Wildman–Crippen MR) is 106 cm³/mol. The molecule has 0 bridgehead atoms. The SMILES string of the molecule is O=C(NC[C@H](c1ccsc1)N1CCc2ccccc2C1)c1ccc(F)c(F)c1. The Bertz CT molecular complexity index is 974. The van der Waals surface area contributed by atoms with E-state index in [0.29, 0.717) is 6.54 Å². The largest absolute Gasteiger partial charge is 0.350 e. The van der Waals surface area contributed by atoms with Crippen LogP contribution in [0.25, 0.3) is 0 Å². The van der Waals surface area contributed by atoms with Crippen LogP contribution in [0.3, 0.4) is 0 Å². The summed E-state index contributed by atoms with van der Waals surface area (Å²) in [6.45, 7) is 2.12. The maximum Gasteiger partial charge on any atom is 0.251 e. The Balaban J connectivity index is 1.50. The van der Waals surface area contributed by atoms with Crippen molar-refractivity contribution in [3.8, 4) is 0 Å². The molecular weight excluding hydrogens is 378 g/mol. The minimum Gasteiger partial charge on any atom is -0.350 e. The number of benzene rings is 2. The van der Waals surface area contributed by atoms with E-state index in [1.54, 1.807) is 11.3 Å². The Kier molecular flexibility index (Phi) is 5.50. The summed E-state index contributed by atoms with van der Waals surface area (Å²) in [6.07, 6.45) is 0.966. The summed E-state index contributed by atoms with van der Waals surface area (Å²) in [5, 5.41) is 7.01. The van der Waals surface area contributed by atoms with Crippen molar-refractivity contribution in [1.82, 2.24) is 10.2 Å². The van der Waals surface area contributed by atoms with Gasteiger partial charge in [0.05, 0.1) is 6.04 Å². The molecule has 1 atom stereocenters. The first-order valence-corrected chi connectivity index (χ1v) is 10.1. The average Bonchev–Trinajstić information content (AvgIpc) is 3.24. The second-order valence-electron chi connectivity index (χ2n) is 6.90. The standard InChI is InChI=1S/C22H20F2N2OS/c23-19-6-5-16(11-20(19)24)22(27)25-12-21(18-8-10-28-14-18)26-9-7-15-3-1-2-4-17(15)13-26/h1-6,8,10-11,14,21H,7,9,12-13H2,(H,25,27)/t21-/m1/s1. The lowest BCUT2D eigenvalue weighted by molar-refractivity contribution is 0.0927. The number of nitrogens with zero attached hydrogens (tertiary/aromatic N) is 1. The van der Waals surface area contributed by atoms with Gasteiger partial charge < -0.3 is 5.32 Å². The third kappa shape index (κ3) is 3.98. The molecule has 0 aliphatic carbocycles. The number of thiophene rings is 1. The minimum absolute atomic E-state index is 0.0221. The van der Waals surface area contributed by atoms with Gasteiger partial charge in [0.15, 0.2) is 11.6 Å². The van der Waals surface area contributed by atoms with E-state index >= 15 is 0 Å². The second kappa shape index (κ2) is 8.20. The van der Waals surface area contributed by atoms with Crippen LogP contribution in [0.2, 0.25) is 0 Å². The van der Waals surface area contributed by atoms with Crippen LogP contribution in [0.4, 0.5) is 8.78 Å². The van der Waals surface area contributed by atoms with E-state index in [1.165, 1.54) is 17.2 Å². The summed E-state index contributed by atoms with van der Waals surface area (Å²) in [6, 6.07) is 13.7. The van der Waals surface area contributed by atoms with Crippen molar-refractivity contribution >= 4 is 17.2 Å². The summed E-state index contributed by atoms with van der Waals surface area (Å²) in [5.41, 5.74) is 3.94. The molecular formula is C22H20F2N2OS. The zero-order valence-corrected chi connectivity index (χ0v) is 16.0. The molecule has 6 heteroatoms. The molecule has 1 amide bonds. The third-order valence-electron chi connectivity index (χ3n) is 5.17. The van der Waals surface area contributed by atoms with Gasteiger partial charge >= 0.3 is 0 Å². The van der Waals surface area contributed by atoms with E-state index < -0.39 is 17.5 Å². The number of nitrogens with one attached hydrogen (secondary N) is 1. The summed E-state index contributed by atoms with van der Waals surface area (Å²) in [5.74, 6) is -2.38. The first kappa shape index (κ1) is 18.8. The lowest BCUT2D eigenvalue weighted by Crippen LogP contribution is -2.40. The van der Waals surface area contributed by atoms with Crippen molar-refractivity contribution < 1.29 is 13.6 Å². The molecule has 1 N–H and O–H groups in total. The molecule has 1 aromatic heterocycles. The highest BCUT2D eigenvalue weighted by Gasteiger charge is 2.25. The van der Waals surface area contributed by atoms with Crippen LogP contribution in [0, 0.1) is 11.6 Å². The van der Waals surface area contributed by atoms with Gasteiger partial charge in [0.25, 0.3) is 5.91 Å². The van der Waals surface area contributed by atoms with Crippen LogP contribution < -0.4 is 5.32 Å². The Morgan fingerprint density at radius 1 is 1.11 bits per heavy atom. The summed E-state index contributed by atoms with van der Waals surface area (Å²) in [4.78, 5) is 14.8. The fourth-order valence-electron chi connectivity index (χ4n) is 3.63. The molecule has 1 aliphatic rings. The van der Waals surface area contributed by atoms with E-state index in [4.69, 9.17) is 0 Å². The van der Waals surface area contributed by atoms with Crippen molar-refractivity contribution in [3.05, 3.63) is 93.2 Å². The predicted octanol–water partition coefficient (Wildman–Crippen LogP) is 4.56. The Morgan fingerprint density at radius 3 is 2.68 bits per heavy atom. The van der Waals surface area contributed by atoms with Crippen LogP contribution in [-0.2, 0) is 13.0 Å². The summed E-state index contributed by atoms with van der Waals surface area (Å²) >= 11 is 1.62. The van der Waals surface area contributed by atoms with Gasteiger partial charge in [-0.1, -0.05) is 24.3 Å². The molecule has 0 saturated heterocycles. The van der Waals surface area contributed by atoms with E-state index in [1.807, 2.05) is 11.4 Å². The Hall–Kier alpha value is -2.57. The molecule has 0 spiro atoms. The van der Waals surface area contributed by atoms with Gasteiger partial charge in [0.1, 0.15) is 0 Å². The maximum atomic E-state index is 13.4. The molecule has 4 rings (SSSR count). The zero-order chi connectivity index (χ0) is 19.5. The van der Waals surface area contributed by atoms with Crippen molar-refractivity contribution in [3.63, 3.8) is 0 Å². The Labute approximate surface area is 166 Å². The Morgan fingerprint density at radius 2 is 1.93 bits per heavy atom. The molecule has 144 valence electrons. The van der Waals surface area contributed by atoms with Gasteiger partial charge in [0, 0.05) is 25.2 Å². The fraction of sp³-hybridized carbons (Fsp3) is 0.227. The van der Waals surface area contributed by atoms with Gasteiger partial charge in [-0.25, -0.2) is 8.78 Å². The number of rotatable bonds is 5. The molecule has 1 aliphatic heterocycles. The van der Waals surface area contributed by atoms with Crippen LogP contribution in [-0.4, -0.2) is 23.9 Å². The van der Waals surface area contributed by atoms with Crippen LogP contribution in [0.1, 0.15) is 33.1 Å². The lowest BCUT2D eigenvalue weighted by Gasteiger charge is -2.35. The first-order chi connectivity index (χ1) is 13.6. The second-order valence-corrected chi connectivity index (χ2v) is 7.68. The van der Waals surface area contributed by atoms with Crippen molar-refractivity contribution in [2.75, 3.05) is 13.1 Å². The molecule has 2 heterocycles. The number of carbonyl (C=O) groups is 1. The maximum absolute atomic E-state index is 13.4. The number of amides is 1. The smallest absolute Gasteiger partial charge is 0.251 e. The van der Waals surface area contributed by atoms with Gasteiger partial charge in [-0.2, -0.15) is 11.3 Å². The highest BCUT2D eigenvalue weighted by molar-refractivity contribution is 7.07. The average molecular weight is 398 g/mol. The van der Waals surface area contributed by atoms with Crippen molar-refractivity contribution in [2.24, 2.45) is 0 Å². The monoisotopic (exact) mass is 398 g/mol. The number of halogens is 2. The van der Waals surface area contributed by atoms with E-state index in [9.17, 15) is 13.6 Å². The fourth-order valence-corrected chi connectivity index (χ4v) is 4.34. The van der Waals surface area contributed by atoms with Crippen LogP contribution >= 0.6 is 11.3 Å². The minimum atomic E-state index is -1.02. The molecule has 3 aromatic rings. The quantitative estimate of drug-likeness (QED) is 0.684. The summed E-state index contributed by atoms with van der Waals surface area (Å²) in [7, 11) is 0. The first-order valence-electron chi connectivity index (χ1n) is 9.18. The highest BCUT2D eigenvalue weighted by atomic mass is 32.1. The topological polar surface area (TPSA) is 32.3 Å². The molecule has 3 nitrogen and oxygen atoms in total. The van der Waals surface area contributed by atoms with Crippen molar-refractivity contribution in [2.45, 2.75) is 19.0 Å². The van der Waals surface area contributed by atoms with Gasteiger partial charge in [-0.05, 0) is 58.1 Å². The number of carbonyl (C=O) groups excluding carboxylic acids is 1. The van der Waals surface area contributed by atoms with Gasteiger partial charge in [-0.15, -0.1) is 0 Å². The number of fused-ring (bicyclic) bond motifs is 1. The molecule has 0 radical (unpaired) electrons. The van der Waals surface area contributed by atoms with Crippen LogP contribution in [0.5, 0.6) is 0 Å². The highest BCUT2D eigenvalue weighted by Crippen LogP contribution is 2.28. The lowest BCUT2D eigenvalue weighted by atomic mass is 9.97. The van der Waals surface area contributed by atoms with Gasteiger partial charge in [-0.3, -0.25) is 9.69 Å². The number of hydrogen-bond donors (Lipinski definition) is 1. The zero-order valence-electron chi connectivity index (χ0n) is 15.2.